The average Bonchev–Trinajstić information content (AvgIpc) is 3.28. The molecule has 0 saturated heterocycles. The number of hydrogen-bond donors (Lipinski definition) is 4. The second-order valence-electron chi connectivity index (χ2n) is 19.9. The molecule has 0 spiro atoms. The Balaban J connectivity index is 1.35. The normalized spacial score (nSPS) is 25.2. The minimum Gasteiger partial charge on any atom is -0.508 e. The van der Waals surface area contributed by atoms with Gasteiger partial charge in [-0.15, -0.1) is 0 Å². The number of phenols is 4. The average molecular weight is 815 g/mol. The van der Waals surface area contributed by atoms with Crippen LogP contribution in [-0.4, -0.2) is 20.4 Å². The summed E-state index contributed by atoms with van der Waals surface area (Å²) in [7, 11) is 0. The Morgan fingerprint density at radius 3 is 0.883 bits per heavy atom. The molecule has 60 heavy (non-hydrogen) atoms. The molecule has 4 atom stereocenters. The summed E-state index contributed by atoms with van der Waals surface area (Å²) in [6, 6.07) is 25.7. The third-order valence-corrected chi connectivity index (χ3v) is 17.2. The summed E-state index contributed by atoms with van der Waals surface area (Å²) in [6.45, 7) is 22.7. The van der Waals surface area contributed by atoms with Crippen LogP contribution in [-0.2, 0) is 10.8 Å². The second kappa shape index (κ2) is 18.6. The van der Waals surface area contributed by atoms with Crippen LogP contribution < -0.4 is 0 Å². The molecule has 2 aliphatic rings. The quantitative estimate of drug-likeness (QED) is 0.0963. The van der Waals surface area contributed by atoms with Crippen molar-refractivity contribution in [1.82, 2.24) is 0 Å². The molecule has 2 aliphatic carbocycles. The summed E-state index contributed by atoms with van der Waals surface area (Å²) in [5, 5.41) is 44.2. The third-order valence-electron chi connectivity index (χ3n) is 17.2. The fourth-order valence-corrected chi connectivity index (χ4v) is 11.8. The van der Waals surface area contributed by atoms with E-state index in [1.54, 1.807) is 0 Å². The molecule has 0 amide bonds. The SMILES string of the molecule is CCC(C)c1cc(C2(c3ccc(O)c(C(C)CC)c3)CCC(C(C)(CC)C3CCC(c4ccc(O)c(C(C)CC)c4)(c4ccc(O)c(C(C)CC)c4)CC3)CC2)ccc1O. The summed E-state index contributed by atoms with van der Waals surface area (Å²) < 4.78 is 0. The zero-order valence-corrected chi connectivity index (χ0v) is 38.9. The lowest BCUT2D eigenvalue weighted by atomic mass is 9.51. The molecule has 0 bridgehead atoms. The predicted octanol–water partition coefficient (Wildman–Crippen LogP) is 15.6. The van der Waals surface area contributed by atoms with E-state index in [9.17, 15) is 20.4 Å². The van der Waals surface area contributed by atoms with Gasteiger partial charge >= 0.3 is 0 Å². The van der Waals surface area contributed by atoms with Crippen molar-refractivity contribution >= 4 is 0 Å². The summed E-state index contributed by atoms with van der Waals surface area (Å²) in [6.07, 6.45) is 13.7. The highest BCUT2D eigenvalue weighted by atomic mass is 16.3. The molecule has 4 heteroatoms. The predicted molar refractivity (Wildman–Crippen MR) is 251 cm³/mol. The molecule has 0 radical (unpaired) electrons. The van der Waals surface area contributed by atoms with Gasteiger partial charge in [0.1, 0.15) is 23.0 Å². The van der Waals surface area contributed by atoms with Gasteiger partial charge in [-0.05, 0) is 187 Å². The van der Waals surface area contributed by atoms with Crippen molar-refractivity contribution in [1.29, 1.82) is 0 Å². The lowest BCUT2D eigenvalue weighted by Crippen LogP contribution is -2.44. The van der Waals surface area contributed by atoms with Gasteiger partial charge in [-0.25, -0.2) is 0 Å². The van der Waals surface area contributed by atoms with E-state index in [-0.39, 0.29) is 39.9 Å². The van der Waals surface area contributed by atoms with Crippen LogP contribution in [0.3, 0.4) is 0 Å². The Kier molecular flexibility index (Phi) is 14.1. The van der Waals surface area contributed by atoms with E-state index < -0.39 is 0 Å². The summed E-state index contributed by atoms with van der Waals surface area (Å²) >= 11 is 0. The Bertz CT molecular complexity index is 1800. The van der Waals surface area contributed by atoms with Crippen molar-refractivity contribution < 1.29 is 20.4 Å². The van der Waals surface area contributed by atoms with Crippen molar-refractivity contribution in [3.05, 3.63) is 117 Å². The first-order valence-electron chi connectivity index (χ1n) is 24.0. The molecule has 2 saturated carbocycles. The van der Waals surface area contributed by atoms with E-state index in [0.717, 1.165) is 106 Å². The first-order chi connectivity index (χ1) is 28.6. The minimum absolute atomic E-state index is 0.180. The number of rotatable bonds is 15. The Hall–Kier alpha value is -3.92. The van der Waals surface area contributed by atoms with Crippen molar-refractivity contribution in [2.24, 2.45) is 17.3 Å². The minimum atomic E-state index is -0.197. The lowest BCUT2D eigenvalue weighted by molar-refractivity contribution is 0.0169. The van der Waals surface area contributed by atoms with E-state index in [2.05, 4.69) is 118 Å². The fourth-order valence-electron chi connectivity index (χ4n) is 11.8. The Morgan fingerprint density at radius 1 is 0.450 bits per heavy atom. The van der Waals surface area contributed by atoms with E-state index in [0.29, 0.717) is 34.8 Å². The maximum absolute atomic E-state index is 11.0. The highest BCUT2D eigenvalue weighted by Gasteiger charge is 2.49. The zero-order valence-electron chi connectivity index (χ0n) is 38.9. The van der Waals surface area contributed by atoms with Crippen LogP contribution in [0.15, 0.2) is 72.8 Å². The van der Waals surface area contributed by atoms with Crippen molar-refractivity contribution in [2.45, 2.75) is 187 Å². The maximum Gasteiger partial charge on any atom is 0.119 e. The fraction of sp³-hybridized carbons (Fsp3) is 0.571. The zero-order chi connectivity index (χ0) is 43.6. The highest BCUT2D eigenvalue weighted by molar-refractivity contribution is 5.52. The van der Waals surface area contributed by atoms with Crippen LogP contribution in [0, 0.1) is 17.3 Å². The number of aromatic hydroxyl groups is 4. The maximum atomic E-state index is 11.0. The molecule has 0 aromatic heterocycles. The van der Waals surface area contributed by atoms with Crippen molar-refractivity contribution in [3.63, 3.8) is 0 Å². The molecule has 2 fully saturated rings. The van der Waals surface area contributed by atoms with Gasteiger partial charge in [-0.1, -0.05) is 124 Å². The number of benzene rings is 4. The van der Waals surface area contributed by atoms with Crippen LogP contribution in [0.25, 0.3) is 0 Å². The van der Waals surface area contributed by atoms with E-state index in [4.69, 9.17) is 0 Å². The van der Waals surface area contributed by atoms with Gasteiger partial charge in [0.2, 0.25) is 0 Å². The number of phenolic OH excluding ortho intramolecular Hbond substituents is 4. The number of hydrogen-bond acceptors (Lipinski definition) is 4. The summed E-state index contributed by atoms with van der Waals surface area (Å²) in [5.74, 6) is 3.79. The molecule has 4 aromatic carbocycles. The van der Waals surface area contributed by atoms with Gasteiger partial charge in [-0.3, -0.25) is 0 Å². The lowest BCUT2D eigenvalue weighted by Gasteiger charge is -2.53. The molecular formula is C56H78O4. The largest absolute Gasteiger partial charge is 0.508 e. The molecule has 326 valence electrons. The van der Waals surface area contributed by atoms with Gasteiger partial charge in [0.05, 0.1) is 0 Å². The van der Waals surface area contributed by atoms with Gasteiger partial charge < -0.3 is 20.4 Å². The monoisotopic (exact) mass is 815 g/mol. The van der Waals surface area contributed by atoms with Crippen molar-refractivity contribution in [2.75, 3.05) is 0 Å². The van der Waals surface area contributed by atoms with Crippen LogP contribution in [0.4, 0.5) is 0 Å². The molecule has 0 aliphatic heterocycles. The van der Waals surface area contributed by atoms with Crippen molar-refractivity contribution in [3.8, 4) is 23.0 Å². The van der Waals surface area contributed by atoms with Crippen LogP contribution in [0.5, 0.6) is 23.0 Å². The van der Waals surface area contributed by atoms with Gasteiger partial charge in [0.15, 0.2) is 0 Å². The summed E-state index contributed by atoms with van der Waals surface area (Å²) in [5.41, 5.74) is 9.13. The third kappa shape index (κ3) is 8.35. The van der Waals surface area contributed by atoms with E-state index in [1.165, 1.54) is 22.3 Å². The van der Waals surface area contributed by atoms with E-state index >= 15 is 0 Å². The smallest absolute Gasteiger partial charge is 0.119 e. The first-order valence-corrected chi connectivity index (χ1v) is 24.0. The van der Waals surface area contributed by atoms with Crippen LogP contribution in [0.2, 0.25) is 0 Å². The molecular weight excluding hydrogens is 737 g/mol. The second-order valence-corrected chi connectivity index (χ2v) is 19.9. The molecule has 6 rings (SSSR count). The van der Waals surface area contributed by atoms with Gasteiger partial charge in [0.25, 0.3) is 0 Å². The van der Waals surface area contributed by atoms with Gasteiger partial charge in [0, 0.05) is 10.8 Å². The summed E-state index contributed by atoms with van der Waals surface area (Å²) in [4.78, 5) is 0. The van der Waals surface area contributed by atoms with Gasteiger partial charge in [-0.2, -0.15) is 0 Å². The standard InChI is InChI=1S/C56H78O4/c1-11-36(6)46-32-42(16-20-50(46)57)55(43-17-21-51(58)47(33-43)37(7)12-2)28-24-40(25-29-55)54(10,15-5)41-26-30-56(31-27-41,44-18-22-52(59)48(34-44)38(8)13-3)45-19-23-53(60)49(35-45)39(9)14-4/h16-23,32-41,57-60H,11-15,24-31H2,1-10H3. The topological polar surface area (TPSA) is 80.9 Å². The van der Waals surface area contributed by atoms with Crippen LogP contribution in [0.1, 0.15) is 221 Å². The Labute approximate surface area is 363 Å². The first kappa shape index (κ1) is 45.6. The van der Waals surface area contributed by atoms with E-state index in [1.807, 2.05) is 24.3 Å². The molecule has 0 heterocycles. The molecule has 4 unspecified atom stereocenters. The Morgan fingerprint density at radius 2 is 0.683 bits per heavy atom. The molecule has 4 nitrogen and oxygen atoms in total. The highest BCUT2D eigenvalue weighted by Crippen LogP contribution is 2.59. The van der Waals surface area contributed by atoms with Crippen LogP contribution >= 0.6 is 0 Å². The molecule has 4 aromatic rings. The molecule has 4 N–H and O–H groups in total.